The molecule has 0 saturated heterocycles. The summed E-state index contributed by atoms with van der Waals surface area (Å²) in [5.41, 5.74) is 2.21. The summed E-state index contributed by atoms with van der Waals surface area (Å²) in [6, 6.07) is 1.36. The first-order valence-corrected chi connectivity index (χ1v) is 12.3. The van der Waals surface area contributed by atoms with E-state index < -0.39 is 16.3 Å². The summed E-state index contributed by atoms with van der Waals surface area (Å²) in [5.74, 6) is 0. The average Bonchev–Trinajstić information content (AvgIpc) is 2.03. The second kappa shape index (κ2) is 5.28. The molecule has 0 aliphatic heterocycles. The van der Waals surface area contributed by atoms with Gasteiger partial charge in [0.05, 0.1) is 8.07 Å². The largest absolute Gasteiger partial charge is 0.324 e. The molecule has 0 aromatic carbocycles. The molecule has 0 saturated carbocycles. The normalized spacial score (nSPS) is 13.4. The number of rotatable bonds is 6. The second-order valence-corrected chi connectivity index (χ2v) is 15.6. The maximum absolute atomic E-state index is 3.95. The minimum absolute atomic E-state index is 1.08. The Morgan fingerprint density at radius 2 is 1.64 bits per heavy atom. The van der Waals surface area contributed by atoms with Crippen molar-refractivity contribution in [1.82, 2.24) is 4.57 Å². The summed E-state index contributed by atoms with van der Waals surface area (Å²) >= 11 is 0. The van der Waals surface area contributed by atoms with Gasteiger partial charge in [0.15, 0.2) is 0 Å². The molecule has 14 heavy (non-hydrogen) atoms. The molecule has 0 aromatic rings. The van der Waals surface area contributed by atoms with Crippen LogP contribution in [0.15, 0.2) is 12.3 Å². The molecule has 0 fully saturated rings. The second-order valence-electron chi connectivity index (χ2n) is 5.69. The van der Waals surface area contributed by atoms with Gasteiger partial charge in [-0.2, -0.15) is 0 Å². The van der Waals surface area contributed by atoms with Crippen molar-refractivity contribution in [3.05, 3.63) is 12.3 Å². The van der Waals surface area contributed by atoms with Crippen LogP contribution in [-0.4, -0.2) is 34.0 Å². The number of nitrogens with zero attached hydrogens (tertiary/aromatic N) is 1. The molecule has 0 N–H and O–H groups in total. The Hall–Kier alpha value is 0.134. The Balaban J connectivity index is 4.16. The minimum Gasteiger partial charge on any atom is -0.324 e. The summed E-state index contributed by atoms with van der Waals surface area (Å²) in [6.45, 7) is 20.8. The number of hydrogen-bond acceptors (Lipinski definition) is 1. The predicted octanol–water partition coefficient (Wildman–Crippen LogP) is 3.58. The summed E-state index contributed by atoms with van der Waals surface area (Å²) in [4.78, 5) is 0. The van der Waals surface area contributed by atoms with E-state index in [9.17, 15) is 0 Å². The standard InChI is InChI=1S/C11H27NSi2/c1-8-12(13(3,4)5)10-11-14(6,7)9-2/h9H,2,8,10-11H2,1,3-7H3. The van der Waals surface area contributed by atoms with Crippen molar-refractivity contribution in [2.24, 2.45) is 0 Å². The molecular formula is C11H27NSi2. The van der Waals surface area contributed by atoms with E-state index in [1.807, 2.05) is 0 Å². The fourth-order valence-electron chi connectivity index (χ4n) is 1.49. The highest BCUT2D eigenvalue weighted by atomic mass is 28.3. The molecule has 0 radical (unpaired) electrons. The Morgan fingerprint density at radius 3 is 1.93 bits per heavy atom. The lowest BCUT2D eigenvalue weighted by Crippen LogP contribution is -2.47. The quantitative estimate of drug-likeness (QED) is 0.629. The summed E-state index contributed by atoms with van der Waals surface area (Å²) in [5, 5.41) is 0. The van der Waals surface area contributed by atoms with Gasteiger partial charge in [0.25, 0.3) is 0 Å². The van der Waals surface area contributed by atoms with E-state index >= 15 is 0 Å². The molecule has 0 amide bonds. The van der Waals surface area contributed by atoms with E-state index in [2.05, 4.69) is 56.5 Å². The first kappa shape index (κ1) is 14.1. The van der Waals surface area contributed by atoms with Gasteiger partial charge in [-0.15, -0.1) is 12.3 Å². The van der Waals surface area contributed by atoms with Gasteiger partial charge in [0.1, 0.15) is 8.24 Å². The van der Waals surface area contributed by atoms with Gasteiger partial charge >= 0.3 is 0 Å². The summed E-state index contributed by atoms with van der Waals surface area (Å²) in [6.07, 6.45) is 0. The summed E-state index contributed by atoms with van der Waals surface area (Å²) in [7, 11) is -2.17. The van der Waals surface area contributed by atoms with E-state index in [0.717, 1.165) is 0 Å². The molecule has 0 aliphatic rings. The summed E-state index contributed by atoms with van der Waals surface area (Å²) < 4.78 is 2.69. The van der Waals surface area contributed by atoms with E-state index in [1.54, 1.807) is 0 Å². The Kier molecular flexibility index (Phi) is 5.33. The Morgan fingerprint density at radius 1 is 1.14 bits per heavy atom. The van der Waals surface area contributed by atoms with Gasteiger partial charge in [-0.25, -0.2) is 0 Å². The molecule has 0 rings (SSSR count). The van der Waals surface area contributed by atoms with Crippen molar-refractivity contribution < 1.29 is 0 Å². The molecule has 1 nitrogen and oxygen atoms in total. The first-order valence-electron chi connectivity index (χ1n) is 5.61. The van der Waals surface area contributed by atoms with Crippen LogP contribution in [0, 0.1) is 0 Å². The van der Waals surface area contributed by atoms with Gasteiger partial charge in [-0.05, 0) is 19.1 Å². The third kappa shape index (κ3) is 5.12. The highest BCUT2D eigenvalue weighted by molar-refractivity contribution is 6.82. The van der Waals surface area contributed by atoms with Crippen molar-refractivity contribution in [2.45, 2.75) is 45.7 Å². The van der Waals surface area contributed by atoms with Gasteiger partial charge in [0.2, 0.25) is 0 Å². The van der Waals surface area contributed by atoms with Crippen LogP contribution in [-0.2, 0) is 0 Å². The topological polar surface area (TPSA) is 3.24 Å². The van der Waals surface area contributed by atoms with Crippen LogP contribution in [0.4, 0.5) is 0 Å². The smallest absolute Gasteiger partial charge is 0.119 e. The average molecular weight is 230 g/mol. The van der Waals surface area contributed by atoms with Crippen LogP contribution >= 0.6 is 0 Å². The van der Waals surface area contributed by atoms with E-state index in [4.69, 9.17) is 0 Å². The van der Waals surface area contributed by atoms with Crippen LogP contribution in [0.2, 0.25) is 38.8 Å². The minimum atomic E-state index is -1.09. The van der Waals surface area contributed by atoms with E-state index in [0.29, 0.717) is 0 Å². The molecule has 0 spiro atoms. The number of hydrogen-bond donors (Lipinski definition) is 0. The zero-order valence-electron chi connectivity index (χ0n) is 10.9. The zero-order chi connectivity index (χ0) is 11.4. The Bertz CT molecular complexity index is 182. The van der Waals surface area contributed by atoms with Gasteiger partial charge in [-0.1, -0.05) is 39.7 Å². The maximum atomic E-state index is 3.95. The predicted molar refractivity (Wildman–Crippen MR) is 73.1 cm³/mol. The first-order chi connectivity index (χ1) is 6.23. The highest BCUT2D eigenvalue weighted by Crippen LogP contribution is 2.15. The van der Waals surface area contributed by atoms with Crippen molar-refractivity contribution in [1.29, 1.82) is 0 Å². The fourth-order valence-corrected chi connectivity index (χ4v) is 4.50. The van der Waals surface area contributed by atoms with Crippen molar-refractivity contribution in [3.63, 3.8) is 0 Å². The molecule has 0 aliphatic carbocycles. The molecule has 0 bridgehead atoms. The van der Waals surface area contributed by atoms with Crippen LogP contribution < -0.4 is 0 Å². The van der Waals surface area contributed by atoms with Crippen LogP contribution in [0.5, 0.6) is 0 Å². The highest BCUT2D eigenvalue weighted by Gasteiger charge is 2.24. The van der Waals surface area contributed by atoms with Gasteiger partial charge < -0.3 is 4.57 Å². The molecule has 0 atom stereocenters. The molecule has 3 heteroatoms. The lowest BCUT2D eigenvalue weighted by Gasteiger charge is -2.34. The third-order valence-corrected chi connectivity index (χ3v) is 7.96. The van der Waals surface area contributed by atoms with Gasteiger partial charge in [0, 0.05) is 0 Å². The fraction of sp³-hybridized carbons (Fsp3) is 0.818. The molecule has 0 aromatic heterocycles. The maximum Gasteiger partial charge on any atom is 0.119 e. The Labute approximate surface area is 92.3 Å². The molecule has 84 valence electrons. The SMILES string of the molecule is C=C[Si](C)(C)CCN(CC)[Si](C)(C)C. The van der Waals surface area contributed by atoms with E-state index in [1.165, 1.54) is 19.1 Å². The van der Waals surface area contributed by atoms with E-state index in [-0.39, 0.29) is 0 Å². The lowest BCUT2D eigenvalue weighted by atomic mass is 10.7. The molecular weight excluding hydrogens is 202 g/mol. The van der Waals surface area contributed by atoms with Crippen LogP contribution in [0.1, 0.15) is 6.92 Å². The van der Waals surface area contributed by atoms with Crippen molar-refractivity contribution in [2.75, 3.05) is 13.1 Å². The van der Waals surface area contributed by atoms with Crippen LogP contribution in [0.3, 0.4) is 0 Å². The zero-order valence-corrected chi connectivity index (χ0v) is 12.9. The van der Waals surface area contributed by atoms with Crippen molar-refractivity contribution in [3.8, 4) is 0 Å². The molecule has 0 unspecified atom stereocenters. The van der Waals surface area contributed by atoms with Crippen LogP contribution in [0.25, 0.3) is 0 Å². The van der Waals surface area contributed by atoms with Gasteiger partial charge in [-0.3, -0.25) is 0 Å². The lowest BCUT2D eigenvalue weighted by molar-refractivity contribution is 0.468. The molecule has 0 heterocycles. The van der Waals surface area contributed by atoms with Crippen molar-refractivity contribution >= 4 is 16.3 Å². The monoisotopic (exact) mass is 229 g/mol. The third-order valence-electron chi connectivity index (χ3n) is 2.91.